The van der Waals surface area contributed by atoms with Crippen LogP contribution in [0.15, 0.2) is 48.7 Å². The number of aryl methyl sites for hydroxylation is 3. The SMILES string of the molecule is CO/C=C(\C(=O)OC)c1ccccc1COc1c(C)c(-c2ccc(C)cc2C)nn1C. The summed E-state index contributed by atoms with van der Waals surface area (Å²) in [4.78, 5) is 12.2. The molecule has 3 aromatic rings. The molecule has 1 aromatic heterocycles. The van der Waals surface area contributed by atoms with Gasteiger partial charge in [-0.2, -0.15) is 5.10 Å². The first-order chi connectivity index (χ1) is 14.9. The number of carbonyl (C=O) groups excluding carboxylic acids is 1. The third-order valence-electron chi connectivity index (χ3n) is 5.17. The minimum absolute atomic E-state index is 0.265. The number of benzene rings is 2. The fourth-order valence-electron chi connectivity index (χ4n) is 3.66. The fourth-order valence-corrected chi connectivity index (χ4v) is 3.66. The van der Waals surface area contributed by atoms with Crippen molar-refractivity contribution in [2.24, 2.45) is 7.05 Å². The quantitative estimate of drug-likeness (QED) is 0.314. The summed E-state index contributed by atoms with van der Waals surface area (Å²) in [5.74, 6) is 0.211. The normalized spacial score (nSPS) is 11.4. The lowest BCUT2D eigenvalue weighted by Crippen LogP contribution is -2.09. The molecule has 31 heavy (non-hydrogen) atoms. The zero-order valence-corrected chi connectivity index (χ0v) is 18.9. The molecule has 0 radical (unpaired) electrons. The molecule has 1 heterocycles. The van der Waals surface area contributed by atoms with E-state index in [1.54, 1.807) is 4.68 Å². The molecule has 0 spiro atoms. The number of hydrogen-bond acceptors (Lipinski definition) is 5. The number of ether oxygens (including phenoxy) is 3. The van der Waals surface area contributed by atoms with Gasteiger partial charge in [0.2, 0.25) is 5.88 Å². The highest BCUT2D eigenvalue weighted by atomic mass is 16.5. The van der Waals surface area contributed by atoms with E-state index in [4.69, 9.17) is 19.3 Å². The van der Waals surface area contributed by atoms with Crippen LogP contribution in [0, 0.1) is 20.8 Å². The molecule has 0 saturated heterocycles. The monoisotopic (exact) mass is 420 g/mol. The molecule has 6 heteroatoms. The highest BCUT2D eigenvalue weighted by Crippen LogP contribution is 2.32. The molecule has 0 aliphatic carbocycles. The predicted molar refractivity (Wildman–Crippen MR) is 121 cm³/mol. The minimum Gasteiger partial charge on any atom is -0.503 e. The van der Waals surface area contributed by atoms with Gasteiger partial charge in [0.15, 0.2) is 0 Å². The maximum Gasteiger partial charge on any atom is 0.341 e. The minimum atomic E-state index is -0.469. The van der Waals surface area contributed by atoms with Crippen molar-refractivity contribution < 1.29 is 19.0 Å². The standard InChI is InChI=1S/C25H28N2O4/c1-16-11-12-20(17(2)13-16)23-18(3)24(27(4)26-23)31-14-19-9-7-8-10-21(19)22(15-29-5)25(28)30-6/h7-13,15H,14H2,1-6H3/b22-15-. The van der Waals surface area contributed by atoms with Crippen molar-refractivity contribution in [3.05, 3.63) is 76.5 Å². The summed E-state index contributed by atoms with van der Waals surface area (Å²) in [6.07, 6.45) is 1.39. The van der Waals surface area contributed by atoms with Gasteiger partial charge in [0, 0.05) is 18.2 Å². The van der Waals surface area contributed by atoms with Gasteiger partial charge in [0.25, 0.3) is 0 Å². The van der Waals surface area contributed by atoms with Gasteiger partial charge in [-0.1, -0.05) is 48.0 Å². The van der Waals surface area contributed by atoms with Gasteiger partial charge in [-0.3, -0.25) is 0 Å². The highest BCUT2D eigenvalue weighted by molar-refractivity contribution is 6.16. The van der Waals surface area contributed by atoms with Gasteiger partial charge < -0.3 is 14.2 Å². The first-order valence-electron chi connectivity index (χ1n) is 10.0. The molecule has 2 aromatic carbocycles. The number of nitrogens with zero attached hydrogens (tertiary/aromatic N) is 2. The van der Waals surface area contributed by atoms with Gasteiger partial charge in [-0.15, -0.1) is 0 Å². The van der Waals surface area contributed by atoms with Crippen LogP contribution in [0.25, 0.3) is 16.8 Å². The summed E-state index contributed by atoms with van der Waals surface area (Å²) in [6, 6.07) is 13.9. The number of rotatable bonds is 7. The van der Waals surface area contributed by atoms with Gasteiger partial charge in [0.05, 0.1) is 26.2 Å². The van der Waals surface area contributed by atoms with E-state index in [0.29, 0.717) is 17.0 Å². The molecule has 0 unspecified atom stereocenters. The smallest absolute Gasteiger partial charge is 0.341 e. The van der Waals surface area contributed by atoms with E-state index in [0.717, 1.165) is 22.4 Å². The Kier molecular flexibility index (Phi) is 6.80. The zero-order chi connectivity index (χ0) is 22.5. The topological polar surface area (TPSA) is 62.6 Å². The maximum absolute atomic E-state index is 12.2. The Morgan fingerprint density at radius 1 is 1.10 bits per heavy atom. The molecule has 0 aliphatic heterocycles. The lowest BCUT2D eigenvalue weighted by Gasteiger charge is -2.13. The first kappa shape index (κ1) is 22.2. The lowest BCUT2D eigenvalue weighted by molar-refractivity contribution is -0.133. The van der Waals surface area contributed by atoms with E-state index in [1.807, 2.05) is 38.2 Å². The average Bonchev–Trinajstić information content (AvgIpc) is 3.03. The Bertz CT molecular complexity index is 1130. The summed E-state index contributed by atoms with van der Waals surface area (Å²) in [5.41, 5.74) is 7.21. The molecular formula is C25H28N2O4. The Morgan fingerprint density at radius 3 is 2.52 bits per heavy atom. The highest BCUT2D eigenvalue weighted by Gasteiger charge is 2.20. The molecule has 0 atom stereocenters. The summed E-state index contributed by atoms with van der Waals surface area (Å²) < 4.78 is 17.9. The Morgan fingerprint density at radius 2 is 1.84 bits per heavy atom. The molecule has 0 fully saturated rings. The van der Waals surface area contributed by atoms with Crippen LogP contribution in [0.5, 0.6) is 5.88 Å². The second kappa shape index (κ2) is 9.51. The van der Waals surface area contributed by atoms with Gasteiger partial charge in [-0.25, -0.2) is 9.48 Å². The van der Waals surface area contributed by atoms with E-state index in [1.165, 1.54) is 31.6 Å². The van der Waals surface area contributed by atoms with Crippen molar-refractivity contribution >= 4 is 11.5 Å². The van der Waals surface area contributed by atoms with Crippen LogP contribution in [0.1, 0.15) is 27.8 Å². The number of methoxy groups -OCH3 is 2. The van der Waals surface area contributed by atoms with E-state index in [2.05, 4.69) is 32.0 Å². The molecule has 0 N–H and O–H groups in total. The number of aromatic nitrogens is 2. The van der Waals surface area contributed by atoms with Crippen LogP contribution in [0.4, 0.5) is 0 Å². The molecule has 162 valence electrons. The van der Waals surface area contributed by atoms with Crippen molar-refractivity contribution in [3.63, 3.8) is 0 Å². The molecule has 0 amide bonds. The summed E-state index contributed by atoms with van der Waals surface area (Å²) in [6.45, 7) is 6.44. The van der Waals surface area contributed by atoms with Crippen LogP contribution in [-0.2, 0) is 27.9 Å². The zero-order valence-electron chi connectivity index (χ0n) is 18.9. The molecular weight excluding hydrogens is 392 g/mol. The Hall–Kier alpha value is -3.54. The second-order valence-electron chi connectivity index (χ2n) is 7.43. The first-order valence-corrected chi connectivity index (χ1v) is 10.0. The van der Waals surface area contributed by atoms with E-state index < -0.39 is 5.97 Å². The third kappa shape index (κ3) is 4.63. The van der Waals surface area contributed by atoms with Crippen LogP contribution in [0.3, 0.4) is 0 Å². The van der Waals surface area contributed by atoms with Gasteiger partial charge >= 0.3 is 5.97 Å². The number of hydrogen-bond donors (Lipinski definition) is 0. The Labute approximate surface area is 183 Å². The molecule has 0 aliphatic rings. The lowest BCUT2D eigenvalue weighted by atomic mass is 10.0. The van der Waals surface area contributed by atoms with Crippen molar-refractivity contribution in [2.75, 3.05) is 14.2 Å². The summed E-state index contributed by atoms with van der Waals surface area (Å²) >= 11 is 0. The van der Waals surface area contributed by atoms with Crippen molar-refractivity contribution in [1.29, 1.82) is 0 Å². The van der Waals surface area contributed by atoms with Crippen LogP contribution < -0.4 is 4.74 Å². The number of carbonyl (C=O) groups is 1. The second-order valence-corrected chi connectivity index (χ2v) is 7.43. The summed E-state index contributed by atoms with van der Waals surface area (Å²) in [7, 11) is 4.71. The van der Waals surface area contributed by atoms with E-state index in [9.17, 15) is 4.79 Å². The van der Waals surface area contributed by atoms with Crippen molar-refractivity contribution in [2.45, 2.75) is 27.4 Å². The summed E-state index contributed by atoms with van der Waals surface area (Å²) in [5, 5.41) is 4.70. The molecule has 0 saturated carbocycles. The van der Waals surface area contributed by atoms with Crippen LogP contribution >= 0.6 is 0 Å². The third-order valence-corrected chi connectivity index (χ3v) is 5.17. The fraction of sp³-hybridized carbons (Fsp3) is 0.280. The van der Waals surface area contributed by atoms with Crippen molar-refractivity contribution in [3.8, 4) is 17.1 Å². The largest absolute Gasteiger partial charge is 0.503 e. The van der Waals surface area contributed by atoms with Gasteiger partial charge in [0.1, 0.15) is 12.2 Å². The van der Waals surface area contributed by atoms with Crippen LogP contribution in [-0.4, -0.2) is 30.0 Å². The predicted octanol–water partition coefficient (Wildman–Crippen LogP) is 4.75. The molecule has 6 nitrogen and oxygen atoms in total. The molecule has 3 rings (SSSR count). The maximum atomic E-state index is 12.2. The average molecular weight is 421 g/mol. The van der Waals surface area contributed by atoms with Gasteiger partial charge in [-0.05, 0) is 37.5 Å². The van der Waals surface area contributed by atoms with E-state index >= 15 is 0 Å². The Balaban J connectivity index is 1.92. The van der Waals surface area contributed by atoms with Crippen LogP contribution in [0.2, 0.25) is 0 Å². The number of esters is 1. The molecule has 0 bridgehead atoms. The van der Waals surface area contributed by atoms with E-state index in [-0.39, 0.29) is 6.61 Å². The van der Waals surface area contributed by atoms with Crippen molar-refractivity contribution in [1.82, 2.24) is 9.78 Å².